The van der Waals surface area contributed by atoms with Crippen LogP contribution in [0.5, 0.6) is 0 Å². The van der Waals surface area contributed by atoms with E-state index in [1.165, 1.54) is 0 Å². The Morgan fingerprint density at radius 2 is 1.80 bits per heavy atom. The maximum absolute atomic E-state index is 12.1. The Morgan fingerprint density at radius 1 is 1.15 bits per heavy atom. The molecule has 0 saturated heterocycles. The first-order valence-corrected chi connectivity index (χ1v) is 7.17. The predicted octanol–water partition coefficient (Wildman–Crippen LogP) is 4.42. The normalized spacial score (nSPS) is 10.2. The van der Waals surface area contributed by atoms with Gasteiger partial charge >= 0.3 is 0 Å². The first-order chi connectivity index (χ1) is 9.45. The van der Waals surface area contributed by atoms with Crippen molar-refractivity contribution in [2.45, 2.75) is 0 Å². The van der Waals surface area contributed by atoms with E-state index in [0.717, 1.165) is 15.8 Å². The highest BCUT2D eigenvalue weighted by molar-refractivity contribution is 9.10. The van der Waals surface area contributed by atoms with Crippen molar-refractivity contribution in [2.75, 3.05) is 24.3 Å². The minimum absolute atomic E-state index is 0.189. The van der Waals surface area contributed by atoms with Crippen LogP contribution in [-0.2, 0) is 0 Å². The Kier molecular flexibility index (Phi) is 4.68. The Morgan fingerprint density at radius 3 is 2.35 bits per heavy atom. The molecule has 20 heavy (non-hydrogen) atoms. The zero-order chi connectivity index (χ0) is 14.7. The zero-order valence-electron chi connectivity index (χ0n) is 11.2. The molecule has 0 heterocycles. The number of hydrogen-bond donors (Lipinski definition) is 1. The lowest BCUT2D eigenvalue weighted by atomic mass is 10.2. The van der Waals surface area contributed by atoms with Crippen LogP contribution in [0.25, 0.3) is 0 Å². The molecule has 0 aromatic heterocycles. The van der Waals surface area contributed by atoms with Crippen molar-refractivity contribution >= 4 is 44.8 Å². The summed E-state index contributed by atoms with van der Waals surface area (Å²) in [5.74, 6) is -0.189. The van der Waals surface area contributed by atoms with Gasteiger partial charge in [0.1, 0.15) is 0 Å². The molecule has 0 aliphatic carbocycles. The number of amides is 1. The van der Waals surface area contributed by atoms with Crippen molar-refractivity contribution in [3.8, 4) is 0 Å². The average Bonchev–Trinajstić information content (AvgIpc) is 2.38. The Labute approximate surface area is 131 Å². The van der Waals surface area contributed by atoms with E-state index in [0.29, 0.717) is 10.6 Å². The molecule has 0 saturated carbocycles. The molecule has 1 amide bonds. The van der Waals surface area contributed by atoms with E-state index in [-0.39, 0.29) is 5.91 Å². The van der Waals surface area contributed by atoms with Gasteiger partial charge in [0.2, 0.25) is 0 Å². The highest BCUT2D eigenvalue weighted by atomic mass is 79.9. The van der Waals surface area contributed by atoms with Gasteiger partial charge in [-0.3, -0.25) is 4.79 Å². The van der Waals surface area contributed by atoms with Gasteiger partial charge < -0.3 is 10.2 Å². The average molecular weight is 354 g/mol. The van der Waals surface area contributed by atoms with Crippen LogP contribution in [0.2, 0.25) is 5.02 Å². The van der Waals surface area contributed by atoms with E-state index in [4.69, 9.17) is 11.6 Å². The molecular weight excluding hydrogens is 340 g/mol. The van der Waals surface area contributed by atoms with Gasteiger partial charge in [0.05, 0.1) is 0 Å². The Hall–Kier alpha value is -1.52. The third-order valence-corrected chi connectivity index (χ3v) is 3.44. The number of hydrogen-bond acceptors (Lipinski definition) is 2. The second-order valence-corrected chi connectivity index (χ2v) is 5.91. The lowest BCUT2D eigenvalue weighted by molar-refractivity contribution is 0.102. The topological polar surface area (TPSA) is 32.3 Å². The van der Waals surface area contributed by atoms with Crippen LogP contribution >= 0.6 is 27.5 Å². The van der Waals surface area contributed by atoms with Crippen LogP contribution in [0.15, 0.2) is 46.9 Å². The molecule has 5 heteroatoms. The number of nitrogens with one attached hydrogen (secondary N) is 1. The largest absolute Gasteiger partial charge is 0.378 e. The molecule has 0 aliphatic rings. The van der Waals surface area contributed by atoms with Crippen LogP contribution < -0.4 is 10.2 Å². The van der Waals surface area contributed by atoms with E-state index >= 15 is 0 Å². The fourth-order valence-corrected chi connectivity index (χ4v) is 2.59. The van der Waals surface area contributed by atoms with Crippen molar-refractivity contribution in [2.24, 2.45) is 0 Å². The highest BCUT2D eigenvalue weighted by Gasteiger charge is 2.08. The summed E-state index contributed by atoms with van der Waals surface area (Å²) < 4.78 is 0.776. The summed E-state index contributed by atoms with van der Waals surface area (Å²) in [6, 6.07) is 12.7. The van der Waals surface area contributed by atoms with Gasteiger partial charge in [0.25, 0.3) is 5.91 Å². The van der Waals surface area contributed by atoms with Crippen LogP contribution in [0.1, 0.15) is 10.4 Å². The molecule has 2 aromatic rings. The van der Waals surface area contributed by atoms with Crippen LogP contribution in [0, 0.1) is 0 Å². The van der Waals surface area contributed by atoms with Crippen molar-refractivity contribution in [1.82, 2.24) is 0 Å². The molecule has 0 fully saturated rings. The Bertz CT molecular complexity index is 606. The van der Waals surface area contributed by atoms with E-state index in [9.17, 15) is 4.79 Å². The third-order valence-electron chi connectivity index (χ3n) is 2.77. The van der Waals surface area contributed by atoms with E-state index < -0.39 is 0 Å². The third kappa shape index (κ3) is 3.74. The number of rotatable bonds is 3. The van der Waals surface area contributed by atoms with Crippen molar-refractivity contribution in [3.63, 3.8) is 0 Å². The highest BCUT2D eigenvalue weighted by Crippen LogP contribution is 2.21. The molecule has 0 bridgehead atoms. The summed E-state index contributed by atoms with van der Waals surface area (Å²) in [4.78, 5) is 14.1. The molecule has 2 aromatic carbocycles. The van der Waals surface area contributed by atoms with Gasteiger partial charge in [-0.2, -0.15) is 0 Å². The lowest BCUT2D eigenvalue weighted by Gasteiger charge is -2.13. The first kappa shape index (κ1) is 14.9. The smallest absolute Gasteiger partial charge is 0.255 e. The summed E-state index contributed by atoms with van der Waals surface area (Å²) in [5, 5.41) is 3.36. The van der Waals surface area contributed by atoms with Gasteiger partial charge in [-0.25, -0.2) is 0 Å². The van der Waals surface area contributed by atoms with Crippen LogP contribution in [0.4, 0.5) is 11.4 Å². The number of benzene rings is 2. The molecule has 1 N–H and O–H groups in total. The van der Waals surface area contributed by atoms with Gasteiger partial charge in [0, 0.05) is 40.5 Å². The molecule has 0 atom stereocenters. The summed E-state index contributed by atoms with van der Waals surface area (Å²) >= 11 is 9.26. The van der Waals surface area contributed by atoms with Crippen LogP contribution in [-0.4, -0.2) is 20.0 Å². The number of anilines is 2. The number of carbonyl (C=O) groups is 1. The number of halogens is 2. The molecule has 0 radical (unpaired) electrons. The van der Waals surface area contributed by atoms with Gasteiger partial charge in [-0.05, 0) is 42.5 Å². The fraction of sp³-hybridized carbons (Fsp3) is 0.133. The molecule has 3 nitrogen and oxygen atoms in total. The van der Waals surface area contributed by atoms with Crippen LogP contribution in [0.3, 0.4) is 0 Å². The van der Waals surface area contributed by atoms with Crippen molar-refractivity contribution in [3.05, 3.63) is 57.5 Å². The van der Waals surface area contributed by atoms with E-state index in [2.05, 4.69) is 21.2 Å². The molecule has 2 rings (SSSR count). The van der Waals surface area contributed by atoms with Gasteiger partial charge in [-0.15, -0.1) is 0 Å². The van der Waals surface area contributed by atoms with Gasteiger partial charge in [-0.1, -0.05) is 27.5 Å². The predicted molar refractivity (Wildman–Crippen MR) is 87.9 cm³/mol. The first-order valence-electron chi connectivity index (χ1n) is 6.00. The molecular formula is C15H14BrClN2O. The summed E-state index contributed by atoms with van der Waals surface area (Å²) in [5.41, 5.74) is 2.34. The fourth-order valence-electron chi connectivity index (χ4n) is 1.73. The summed E-state index contributed by atoms with van der Waals surface area (Å²) in [7, 11) is 3.94. The molecule has 0 unspecified atom stereocenters. The lowest BCUT2D eigenvalue weighted by Crippen LogP contribution is -2.12. The molecule has 0 spiro atoms. The minimum atomic E-state index is -0.189. The second kappa shape index (κ2) is 6.29. The standard InChI is InChI=1S/C15H14BrClN2O/c1-19(2)14-5-3-13(4-6-14)18-15(20)10-7-11(16)9-12(17)8-10/h3-9H,1-2H3,(H,18,20). The van der Waals surface area contributed by atoms with Crippen molar-refractivity contribution in [1.29, 1.82) is 0 Å². The SMILES string of the molecule is CN(C)c1ccc(NC(=O)c2cc(Cl)cc(Br)c2)cc1. The zero-order valence-corrected chi connectivity index (χ0v) is 13.5. The quantitative estimate of drug-likeness (QED) is 0.886. The number of carbonyl (C=O) groups excluding carboxylic acids is 1. The summed E-state index contributed by atoms with van der Waals surface area (Å²) in [6.45, 7) is 0. The van der Waals surface area contributed by atoms with Gasteiger partial charge in [0.15, 0.2) is 0 Å². The minimum Gasteiger partial charge on any atom is -0.378 e. The Balaban J connectivity index is 2.14. The van der Waals surface area contributed by atoms with Crippen molar-refractivity contribution < 1.29 is 4.79 Å². The maximum atomic E-state index is 12.1. The maximum Gasteiger partial charge on any atom is 0.255 e. The summed E-state index contributed by atoms with van der Waals surface area (Å²) in [6.07, 6.45) is 0. The monoisotopic (exact) mass is 352 g/mol. The number of nitrogens with zero attached hydrogens (tertiary/aromatic N) is 1. The molecule has 104 valence electrons. The second-order valence-electron chi connectivity index (χ2n) is 4.55. The van der Waals surface area contributed by atoms with E-state index in [1.807, 2.05) is 43.3 Å². The molecule has 0 aliphatic heterocycles. The van der Waals surface area contributed by atoms with E-state index in [1.54, 1.807) is 18.2 Å².